The van der Waals surface area contributed by atoms with Crippen LogP contribution in [0.2, 0.25) is 0 Å². The van der Waals surface area contributed by atoms with Gasteiger partial charge >= 0.3 is 0 Å². The molecule has 146 valence electrons. The van der Waals surface area contributed by atoms with Crippen LogP contribution in [0, 0.1) is 4.77 Å². The second kappa shape index (κ2) is 8.76. The molecule has 0 unspecified atom stereocenters. The molecule has 0 radical (unpaired) electrons. The first kappa shape index (κ1) is 19.6. The van der Waals surface area contributed by atoms with Crippen LogP contribution in [-0.4, -0.2) is 14.8 Å². The smallest absolute Gasteiger partial charge is 0.196 e. The summed E-state index contributed by atoms with van der Waals surface area (Å²) in [5.41, 5.74) is 3.24. The number of H-pyrrole nitrogens is 1. The Morgan fingerprint density at radius 1 is 1.03 bits per heavy atom. The molecule has 0 saturated heterocycles. The Bertz CT molecular complexity index is 1170. The quantitative estimate of drug-likeness (QED) is 0.328. The van der Waals surface area contributed by atoms with Crippen LogP contribution in [0.1, 0.15) is 24.1 Å². The van der Waals surface area contributed by atoms with E-state index < -0.39 is 0 Å². The van der Waals surface area contributed by atoms with E-state index in [9.17, 15) is 0 Å². The number of aromatic nitrogens is 3. The van der Waals surface area contributed by atoms with Crippen LogP contribution < -0.4 is 4.74 Å². The summed E-state index contributed by atoms with van der Waals surface area (Å²) in [4.78, 5) is 0. The van der Waals surface area contributed by atoms with Gasteiger partial charge in [-0.2, -0.15) is 5.10 Å². The third-order valence-electron chi connectivity index (χ3n) is 4.76. The van der Waals surface area contributed by atoms with Crippen molar-refractivity contribution in [2.45, 2.75) is 19.6 Å². The molecule has 4 aromatic rings. The van der Waals surface area contributed by atoms with Gasteiger partial charge in [0.1, 0.15) is 12.4 Å². The van der Waals surface area contributed by atoms with E-state index in [1.54, 1.807) is 0 Å². The lowest BCUT2D eigenvalue weighted by Crippen LogP contribution is -2.09. The fourth-order valence-electron chi connectivity index (χ4n) is 3.27. The summed E-state index contributed by atoms with van der Waals surface area (Å²) in [5, 5.41) is 7.45. The van der Waals surface area contributed by atoms with E-state index in [1.807, 2.05) is 60.7 Å². The SMILES string of the molecule is C[C@H](c1ccccc1)n1c(-c2cccc(COc3cccc(Br)c3)c2)n[nH]c1=S. The van der Waals surface area contributed by atoms with Gasteiger partial charge in [-0.15, -0.1) is 0 Å². The molecule has 0 amide bonds. The summed E-state index contributed by atoms with van der Waals surface area (Å²) in [7, 11) is 0. The Morgan fingerprint density at radius 3 is 2.62 bits per heavy atom. The van der Waals surface area contributed by atoms with Crippen LogP contribution in [0.5, 0.6) is 5.75 Å². The molecule has 0 aliphatic carbocycles. The molecule has 1 atom stereocenters. The lowest BCUT2D eigenvalue weighted by Gasteiger charge is -2.16. The summed E-state index contributed by atoms with van der Waals surface area (Å²) < 4.78 is 9.58. The van der Waals surface area contributed by atoms with Gasteiger partial charge in [0.25, 0.3) is 0 Å². The van der Waals surface area contributed by atoms with E-state index in [1.165, 1.54) is 5.56 Å². The summed E-state index contributed by atoms with van der Waals surface area (Å²) in [6.07, 6.45) is 0. The fourth-order valence-corrected chi connectivity index (χ4v) is 3.94. The first-order valence-electron chi connectivity index (χ1n) is 9.31. The van der Waals surface area contributed by atoms with Gasteiger partial charge in [-0.25, -0.2) is 0 Å². The minimum Gasteiger partial charge on any atom is -0.489 e. The number of ether oxygens (including phenoxy) is 1. The lowest BCUT2D eigenvalue weighted by atomic mass is 10.1. The summed E-state index contributed by atoms with van der Waals surface area (Å²) >= 11 is 8.99. The maximum atomic E-state index is 5.93. The first-order chi connectivity index (χ1) is 14.1. The number of benzene rings is 3. The van der Waals surface area contributed by atoms with E-state index in [0.717, 1.165) is 27.2 Å². The van der Waals surface area contributed by atoms with E-state index >= 15 is 0 Å². The topological polar surface area (TPSA) is 42.8 Å². The van der Waals surface area contributed by atoms with Crippen LogP contribution in [-0.2, 0) is 6.61 Å². The van der Waals surface area contributed by atoms with E-state index in [0.29, 0.717) is 11.4 Å². The van der Waals surface area contributed by atoms with Crippen LogP contribution >= 0.6 is 28.1 Å². The zero-order valence-corrected chi connectivity index (χ0v) is 18.3. The maximum absolute atomic E-state index is 5.93. The van der Waals surface area contributed by atoms with E-state index in [2.05, 4.69) is 55.8 Å². The lowest BCUT2D eigenvalue weighted by molar-refractivity contribution is 0.306. The molecule has 1 N–H and O–H groups in total. The standard InChI is InChI=1S/C23H20BrN3OS/c1-16(18-8-3-2-4-9-18)27-22(25-26-23(27)29)19-10-5-7-17(13-19)15-28-21-12-6-11-20(24)14-21/h2-14,16H,15H2,1H3,(H,26,29)/t16-/m1/s1. The van der Waals surface area contributed by atoms with Gasteiger partial charge in [-0.05, 0) is 54.5 Å². The molecule has 1 heterocycles. The highest BCUT2D eigenvalue weighted by Crippen LogP contribution is 2.26. The van der Waals surface area contributed by atoms with Crippen molar-refractivity contribution in [2.24, 2.45) is 0 Å². The Morgan fingerprint density at radius 2 is 1.83 bits per heavy atom. The molecule has 3 aromatic carbocycles. The molecule has 1 aromatic heterocycles. The summed E-state index contributed by atoms with van der Waals surface area (Å²) in [5.74, 6) is 1.64. The van der Waals surface area contributed by atoms with Crippen LogP contribution in [0.4, 0.5) is 0 Å². The number of hydrogen-bond acceptors (Lipinski definition) is 3. The van der Waals surface area contributed by atoms with Gasteiger partial charge < -0.3 is 4.74 Å². The van der Waals surface area contributed by atoms with Gasteiger partial charge in [-0.1, -0.05) is 70.5 Å². The Balaban J connectivity index is 1.61. The van der Waals surface area contributed by atoms with Gasteiger partial charge in [-0.3, -0.25) is 9.67 Å². The second-order valence-electron chi connectivity index (χ2n) is 6.76. The predicted molar refractivity (Wildman–Crippen MR) is 122 cm³/mol. The molecule has 0 saturated carbocycles. The second-order valence-corrected chi connectivity index (χ2v) is 8.06. The van der Waals surface area contributed by atoms with Gasteiger partial charge in [0.05, 0.1) is 6.04 Å². The highest BCUT2D eigenvalue weighted by Gasteiger charge is 2.16. The average Bonchev–Trinajstić information content (AvgIpc) is 3.14. The Hall–Kier alpha value is -2.70. The summed E-state index contributed by atoms with van der Waals surface area (Å²) in [6, 6.07) is 26.4. The van der Waals surface area contributed by atoms with Gasteiger partial charge in [0.15, 0.2) is 10.6 Å². The molecule has 6 heteroatoms. The first-order valence-corrected chi connectivity index (χ1v) is 10.5. The van der Waals surface area contributed by atoms with Gasteiger partial charge in [0.2, 0.25) is 0 Å². The van der Waals surface area contributed by atoms with Crippen molar-refractivity contribution >= 4 is 28.1 Å². The van der Waals surface area contributed by atoms with Gasteiger partial charge in [0, 0.05) is 10.0 Å². The molecular formula is C23H20BrN3OS. The number of rotatable bonds is 6. The third kappa shape index (κ3) is 4.49. The zero-order chi connectivity index (χ0) is 20.2. The monoisotopic (exact) mass is 465 g/mol. The van der Waals surface area contributed by atoms with Crippen molar-refractivity contribution in [3.63, 3.8) is 0 Å². The zero-order valence-electron chi connectivity index (χ0n) is 15.9. The molecule has 4 rings (SSSR count). The van der Waals surface area contributed by atoms with Crippen LogP contribution in [0.3, 0.4) is 0 Å². The largest absolute Gasteiger partial charge is 0.489 e. The van der Waals surface area contributed by atoms with Crippen molar-refractivity contribution in [1.82, 2.24) is 14.8 Å². The van der Waals surface area contributed by atoms with E-state index in [-0.39, 0.29) is 6.04 Å². The average molecular weight is 466 g/mol. The molecule has 29 heavy (non-hydrogen) atoms. The molecule has 0 fully saturated rings. The van der Waals surface area contributed by atoms with Crippen LogP contribution in [0.15, 0.2) is 83.3 Å². The number of aromatic amines is 1. The fraction of sp³-hybridized carbons (Fsp3) is 0.130. The van der Waals surface area contributed by atoms with Crippen molar-refractivity contribution in [2.75, 3.05) is 0 Å². The molecular weight excluding hydrogens is 446 g/mol. The molecule has 4 nitrogen and oxygen atoms in total. The van der Waals surface area contributed by atoms with Crippen LogP contribution in [0.25, 0.3) is 11.4 Å². The Kier molecular flexibility index (Phi) is 5.92. The number of nitrogens with one attached hydrogen (secondary N) is 1. The van der Waals surface area contributed by atoms with Crippen molar-refractivity contribution in [3.05, 3.63) is 99.2 Å². The number of hydrogen-bond donors (Lipinski definition) is 1. The number of nitrogens with zero attached hydrogens (tertiary/aromatic N) is 2. The summed E-state index contributed by atoms with van der Waals surface area (Å²) in [6.45, 7) is 2.61. The maximum Gasteiger partial charge on any atom is 0.196 e. The molecule has 0 aliphatic heterocycles. The molecule has 0 aliphatic rings. The van der Waals surface area contributed by atoms with Crippen molar-refractivity contribution < 1.29 is 4.74 Å². The van der Waals surface area contributed by atoms with E-state index in [4.69, 9.17) is 17.0 Å². The predicted octanol–water partition coefficient (Wildman–Crippen LogP) is 6.56. The normalized spacial score (nSPS) is 11.9. The number of halogens is 1. The highest BCUT2D eigenvalue weighted by atomic mass is 79.9. The third-order valence-corrected chi connectivity index (χ3v) is 5.54. The van der Waals surface area contributed by atoms with Crippen molar-refractivity contribution in [1.29, 1.82) is 0 Å². The minimum atomic E-state index is 0.0685. The Labute approximate surface area is 183 Å². The minimum absolute atomic E-state index is 0.0685. The molecule has 0 bridgehead atoms. The highest BCUT2D eigenvalue weighted by molar-refractivity contribution is 9.10. The molecule has 0 spiro atoms. The van der Waals surface area contributed by atoms with Crippen molar-refractivity contribution in [3.8, 4) is 17.1 Å².